The number of ether oxygens (including phenoxy) is 3. The smallest absolute Gasteiger partial charge is 0.189 e. The summed E-state index contributed by atoms with van der Waals surface area (Å²) in [6.07, 6.45) is 0. The van der Waals surface area contributed by atoms with Crippen LogP contribution < -0.4 is 25.3 Å². The van der Waals surface area contributed by atoms with Crippen LogP contribution >= 0.6 is 11.6 Å². The predicted octanol–water partition coefficient (Wildman–Crippen LogP) is 2.72. The lowest BCUT2D eigenvalue weighted by atomic mass is 10.2. The Morgan fingerprint density at radius 2 is 2.08 bits per heavy atom. The Kier molecular flexibility index (Phi) is 5.50. The first-order chi connectivity index (χ1) is 12.2. The number of nitrogens with zero attached hydrogens (tertiary/aromatic N) is 1. The summed E-state index contributed by atoms with van der Waals surface area (Å²) in [5.74, 6) is 2.38. The molecule has 1 aliphatic heterocycles. The largest absolute Gasteiger partial charge is 0.496 e. The number of guanidine groups is 1. The Hall–Kier alpha value is -2.60. The zero-order chi connectivity index (χ0) is 17.6. The van der Waals surface area contributed by atoms with Gasteiger partial charge in [0.25, 0.3) is 0 Å². The molecule has 7 heteroatoms. The molecule has 0 radical (unpaired) electrons. The van der Waals surface area contributed by atoms with Crippen LogP contribution in [-0.2, 0) is 13.1 Å². The summed E-state index contributed by atoms with van der Waals surface area (Å²) in [6, 6.07) is 11.4. The van der Waals surface area contributed by atoms with Gasteiger partial charge in [-0.15, -0.1) is 0 Å². The molecule has 0 aromatic heterocycles. The Bertz CT molecular complexity index is 780. The highest BCUT2D eigenvalue weighted by atomic mass is 35.5. The molecule has 25 heavy (non-hydrogen) atoms. The normalized spacial score (nSPS) is 13.4. The van der Waals surface area contributed by atoms with Crippen molar-refractivity contribution in [3.8, 4) is 17.2 Å². The van der Waals surface area contributed by atoms with E-state index in [1.54, 1.807) is 7.11 Å². The Balaban J connectivity index is 1.62. The molecule has 0 unspecified atom stereocenters. The number of fused-ring (bicyclic) bond motifs is 1. The van der Waals surface area contributed by atoms with Crippen LogP contribution in [0.15, 0.2) is 41.4 Å². The molecule has 0 amide bonds. The Morgan fingerprint density at radius 3 is 2.92 bits per heavy atom. The number of hydrogen-bond donors (Lipinski definition) is 2. The zero-order valence-electron chi connectivity index (χ0n) is 13.9. The van der Waals surface area contributed by atoms with E-state index < -0.39 is 0 Å². The minimum Gasteiger partial charge on any atom is -0.496 e. The van der Waals surface area contributed by atoms with Gasteiger partial charge in [-0.3, -0.25) is 0 Å². The van der Waals surface area contributed by atoms with Crippen molar-refractivity contribution in [3.63, 3.8) is 0 Å². The second kappa shape index (κ2) is 7.98. The third-order valence-corrected chi connectivity index (χ3v) is 4.02. The molecule has 0 saturated heterocycles. The lowest BCUT2D eigenvalue weighted by molar-refractivity contribution is 0.171. The number of halogens is 1. The first-order valence-electron chi connectivity index (χ1n) is 7.91. The van der Waals surface area contributed by atoms with Crippen LogP contribution in [0, 0.1) is 0 Å². The molecule has 0 saturated carbocycles. The number of nitrogens with one attached hydrogen (secondary N) is 1. The van der Waals surface area contributed by atoms with Crippen LogP contribution in [0.5, 0.6) is 17.2 Å². The molecule has 0 bridgehead atoms. The molecule has 6 nitrogen and oxygen atoms in total. The van der Waals surface area contributed by atoms with E-state index in [1.807, 2.05) is 36.4 Å². The third kappa shape index (κ3) is 4.28. The summed E-state index contributed by atoms with van der Waals surface area (Å²) in [6.45, 7) is 1.94. The molecule has 0 aliphatic carbocycles. The van der Waals surface area contributed by atoms with Gasteiger partial charge < -0.3 is 25.3 Å². The van der Waals surface area contributed by atoms with Gasteiger partial charge in [-0.05, 0) is 23.8 Å². The number of rotatable bonds is 5. The molecule has 3 rings (SSSR count). The standard InChI is InChI=1S/C18H20ClN3O3/c1-23-15-5-3-2-4-13(15)11-22-18(20)21-10-12-8-14(19)17-16(9-12)24-6-7-25-17/h2-5,8-9H,6-7,10-11H2,1H3,(H3,20,21,22). The van der Waals surface area contributed by atoms with E-state index in [9.17, 15) is 0 Å². The zero-order valence-corrected chi connectivity index (χ0v) is 14.7. The first kappa shape index (κ1) is 17.2. The van der Waals surface area contributed by atoms with Gasteiger partial charge in [0.1, 0.15) is 19.0 Å². The lowest BCUT2D eigenvalue weighted by Gasteiger charge is -2.20. The average Bonchev–Trinajstić information content (AvgIpc) is 2.65. The van der Waals surface area contributed by atoms with Gasteiger partial charge in [0, 0.05) is 12.1 Å². The van der Waals surface area contributed by atoms with Crippen LogP contribution in [0.4, 0.5) is 0 Å². The van der Waals surface area contributed by atoms with Gasteiger partial charge in [0.05, 0.1) is 18.7 Å². The fourth-order valence-corrected chi connectivity index (χ4v) is 2.81. The van der Waals surface area contributed by atoms with Crippen LogP contribution in [0.3, 0.4) is 0 Å². The molecule has 3 N–H and O–H groups in total. The number of benzene rings is 2. The molecule has 0 spiro atoms. The fourth-order valence-electron chi connectivity index (χ4n) is 2.52. The molecule has 132 valence electrons. The number of methoxy groups -OCH3 is 1. The molecular weight excluding hydrogens is 342 g/mol. The van der Waals surface area contributed by atoms with Gasteiger partial charge >= 0.3 is 0 Å². The summed E-state index contributed by atoms with van der Waals surface area (Å²) in [5, 5.41) is 3.60. The number of para-hydroxylation sites is 1. The first-order valence-corrected chi connectivity index (χ1v) is 8.29. The summed E-state index contributed by atoms with van der Waals surface area (Å²) in [7, 11) is 1.64. The van der Waals surface area contributed by atoms with E-state index in [0.29, 0.717) is 48.8 Å². The van der Waals surface area contributed by atoms with Crippen molar-refractivity contribution in [2.45, 2.75) is 13.1 Å². The summed E-state index contributed by atoms with van der Waals surface area (Å²) in [4.78, 5) is 4.34. The topological polar surface area (TPSA) is 78.1 Å². The second-order valence-electron chi connectivity index (χ2n) is 5.47. The molecule has 0 fully saturated rings. The maximum atomic E-state index is 6.22. The monoisotopic (exact) mass is 361 g/mol. The lowest BCUT2D eigenvalue weighted by Crippen LogP contribution is -2.31. The molecule has 2 aromatic rings. The van der Waals surface area contributed by atoms with Crippen molar-refractivity contribution in [2.24, 2.45) is 10.7 Å². The number of hydrogen-bond acceptors (Lipinski definition) is 4. The maximum Gasteiger partial charge on any atom is 0.189 e. The average molecular weight is 362 g/mol. The van der Waals surface area contributed by atoms with Crippen LogP contribution in [0.1, 0.15) is 11.1 Å². The molecular formula is C18H20ClN3O3. The molecule has 2 aromatic carbocycles. The summed E-state index contributed by atoms with van der Waals surface area (Å²) >= 11 is 6.22. The highest BCUT2D eigenvalue weighted by molar-refractivity contribution is 6.32. The fraction of sp³-hybridized carbons (Fsp3) is 0.278. The highest BCUT2D eigenvalue weighted by Gasteiger charge is 2.16. The van der Waals surface area contributed by atoms with Gasteiger partial charge in [0.2, 0.25) is 0 Å². The van der Waals surface area contributed by atoms with Gasteiger partial charge in [-0.1, -0.05) is 29.8 Å². The minimum absolute atomic E-state index is 0.344. The molecule has 1 heterocycles. The van der Waals surface area contributed by atoms with Crippen LogP contribution in [0.2, 0.25) is 5.02 Å². The van der Waals surface area contributed by atoms with Crippen molar-refractivity contribution < 1.29 is 14.2 Å². The van der Waals surface area contributed by atoms with Crippen molar-refractivity contribution >= 4 is 17.6 Å². The van der Waals surface area contributed by atoms with Crippen LogP contribution in [0.25, 0.3) is 0 Å². The SMILES string of the molecule is COc1ccccc1CNC(N)=NCc1cc(Cl)c2c(c1)OCCO2. The minimum atomic E-state index is 0.344. The summed E-state index contributed by atoms with van der Waals surface area (Å²) in [5.41, 5.74) is 7.85. The predicted molar refractivity (Wildman–Crippen MR) is 97.6 cm³/mol. The van der Waals surface area contributed by atoms with E-state index in [4.69, 9.17) is 31.5 Å². The Labute approximate surface area is 151 Å². The van der Waals surface area contributed by atoms with E-state index in [-0.39, 0.29) is 0 Å². The van der Waals surface area contributed by atoms with Crippen molar-refractivity contribution in [1.29, 1.82) is 0 Å². The van der Waals surface area contributed by atoms with Crippen molar-refractivity contribution in [1.82, 2.24) is 5.32 Å². The van der Waals surface area contributed by atoms with Gasteiger partial charge in [-0.25, -0.2) is 4.99 Å². The van der Waals surface area contributed by atoms with E-state index in [1.165, 1.54) is 0 Å². The second-order valence-corrected chi connectivity index (χ2v) is 5.88. The van der Waals surface area contributed by atoms with Crippen molar-refractivity contribution in [2.75, 3.05) is 20.3 Å². The summed E-state index contributed by atoms with van der Waals surface area (Å²) < 4.78 is 16.4. The Morgan fingerprint density at radius 1 is 1.28 bits per heavy atom. The highest BCUT2D eigenvalue weighted by Crippen LogP contribution is 2.38. The maximum absolute atomic E-state index is 6.22. The number of nitrogens with two attached hydrogens (primary N) is 1. The quantitative estimate of drug-likeness (QED) is 0.632. The molecule has 0 atom stereocenters. The third-order valence-electron chi connectivity index (χ3n) is 3.74. The van der Waals surface area contributed by atoms with Crippen molar-refractivity contribution in [3.05, 3.63) is 52.5 Å². The van der Waals surface area contributed by atoms with Gasteiger partial charge in [0.15, 0.2) is 17.5 Å². The van der Waals surface area contributed by atoms with E-state index in [0.717, 1.165) is 16.9 Å². The van der Waals surface area contributed by atoms with Crippen LogP contribution in [-0.4, -0.2) is 26.3 Å². The van der Waals surface area contributed by atoms with E-state index in [2.05, 4.69) is 10.3 Å². The van der Waals surface area contributed by atoms with Gasteiger partial charge in [-0.2, -0.15) is 0 Å². The number of aliphatic imine (C=N–C) groups is 1. The van der Waals surface area contributed by atoms with E-state index >= 15 is 0 Å². The molecule has 1 aliphatic rings.